The number of likely N-dealkylation sites (tertiary alicyclic amines) is 1. The van der Waals surface area contributed by atoms with E-state index in [2.05, 4.69) is 30.4 Å². The Labute approximate surface area is 195 Å². The first-order chi connectivity index (χ1) is 15.9. The molecule has 2 atom stereocenters. The molecule has 4 heterocycles. The number of halogens is 2. The van der Waals surface area contributed by atoms with Crippen LogP contribution in [0.25, 0.3) is 22.3 Å². The highest BCUT2D eigenvalue weighted by molar-refractivity contribution is 6.31. The summed E-state index contributed by atoms with van der Waals surface area (Å²) in [6.07, 6.45) is 3.27. The van der Waals surface area contributed by atoms with Crippen LogP contribution in [0.1, 0.15) is 27.5 Å². The summed E-state index contributed by atoms with van der Waals surface area (Å²) in [6, 6.07) is 9.85. The molecule has 33 heavy (non-hydrogen) atoms. The van der Waals surface area contributed by atoms with Crippen LogP contribution >= 0.6 is 11.6 Å². The third-order valence-electron chi connectivity index (χ3n) is 6.03. The van der Waals surface area contributed by atoms with Crippen LogP contribution in [-0.4, -0.2) is 57.2 Å². The monoisotopic (exact) mass is 464 g/mol. The van der Waals surface area contributed by atoms with Gasteiger partial charge >= 0.3 is 0 Å². The van der Waals surface area contributed by atoms with Crippen molar-refractivity contribution >= 4 is 28.5 Å². The van der Waals surface area contributed by atoms with Gasteiger partial charge < -0.3 is 10.2 Å². The van der Waals surface area contributed by atoms with Crippen LogP contribution in [-0.2, 0) is 0 Å². The number of nitrogens with zero attached hydrogens (tertiary/aromatic N) is 4. The van der Waals surface area contributed by atoms with E-state index in [0.717, 1.165) is 22.2 Å². The lowest BCUT2D eigenvalue weighted by Crippen LogP contribution is -2.39. The van der Waals surface area contributed by atoms with Crippen molar-refractivity contribution in [3.63, 3.8) is 0 Å². The summed E-state index contributed by atoms with van der Waals surface area (Å²) in [7, 11) is 1.98. The fourth-order valence-electron chi connectivity index (χ4n) is 4.46. The lowest BCUT2D eigenvalue weighted by molar-refractivity contribution is 0.0935. The number of aromatic nitrogens is 4. The Kier molecular flexibility index (Phi) is 5.55. The van der Waals surface area contributed by atoms with E-state index >= 15 is 0 Å². The van der Waals surface area contributed by atoms with Crippen molar-refractivity contribution in [2.75, 3.05) is 20.1 Å². The molecule has 0 bridgehead atoms. The van der Waals surface area contributed by atoms with E-state index in [0.29, 0.717) is 35.0 Å². The summed E-state index contributed by atoms with van der Waals surface area (Å²) in [5.74, 6) is -0.658. The average Bonchev–Trinajstić information content (AvgIpc) is 3.36. The number of fused-ring (bicyclic) bond motifs is 1. The number of benzene rings is 1. The maximum atomic E-state index is 13.5. The molecule has 2 N–H and O–H groups in total. The Morgan fingerprint density at radius 3 is 2.85 bits per heavy atom. The minimum Gasteiger partial charge on any atom is -0.347 e. The number of hydrogen-bond acceptors (Lipinski definition) is 5. The number of rotatable bonds is 4. The number of hydrogen-bond donors (Lipinski definition) is 2. The molecular formula is C24H22ClFN6O. The van der Waals surface area contributed by atoms with E-state index in [1.807, 2.05) is 26.1 Å². The van der Waals surface area contributed by atoms with Gasteiger partial charge in [0.1, 0.15) is 11.5 Å². The SMILES string of the molecule is Cc1cc(-c2n[nH]c3ncc(C(=O)N[C@@H]4CN(C)C[C@H]4c4ccc(F)cc4Cl)cc23)ccn1. The van der Waals surface area contributed by atoms with E-state index in [1.54, 1.807) is 18.3 Å². The van der Waals surface area contributed by atoms with E-state index in [-0.39, 0.29) is 23.7 Å². The van der Waals surface area contributed by atoms with Crippen molar-refractivity contribution < 1.29 is 9.18 Å². The smallest absolute Gasteiger partial charge is 0.253 e. The maximum Gasteiger partial charge on any atom is 0.253 e. The highest BCUT2D eigenvalue weighted by atomic mass is 35.5. The maximum absolute atomic E-state index is 13.5. The van der Waals surface area contributed by atoms with Crippen molar-refractivity contribution in [3.8, 4) is 11.3 Å². The number of H-pyrrole nitrogens is 1. The molecule has 1 amide bonds. The lowest BCUT2D eigenvalue weighted by Gasteiger charge is -2.21. The van der Waals surface area contributed by atoms with Crippen LogP contribution in [0.15, 0.2) is 48.8 Å². The molecular weight excluding hydrogens is 443 g/mol. The Bertz CT molecular complexity index is 1360. The molecule has 1 aliphatic heterocycles. The van der Waals surface area contributed by atoms with Gasteiger partial charge in [0.05, 0.1) is 5.56 Å². The summed E-state index contributed by atoms with van der Waals surface area (Å²) >= 11 is 6.32. The molecule has 5 rings (SSSR count). The number of aryl methyl sites for hydroxylation is 1. The molecule has 0 radical (unpaired) electrons. The Balaban J connectivity index is 1.43. The minimum absolute atomic E-state index is 0.0481. The zero-order chi connectivity index (χ0) is 23.1. The van der Waals surface area contributed by atoms with Crippen LogP contribution in [0.3, 0.4) is 0 Å². The molecule has 4 aromatic rings. The summed E-state index contributed by atoms with van der Waals surface area (Å²) in [4.78, 5) is 23.9. The lowest BCUT2D eigenvalue weighted by atomic mass is 9.94. The molecule has 7 nitrogen and oxygen atoms in total. The van der Waals surface area contributed by atoms with Crippen LogP contribution in [0.2, 0.25) is 5.02 Å². The molecule has 1 aromatic carbocycles. The second-order valence-electron chi connectivity index (χ2n) is 8.45. The van der Waals surface area contributed by atoms with Crippen molar-refractivity contribution in [1.82, 2.24) is 30.4 Å². The molecule has 1 aliphatic rings. The van der Waals surface area contributed by atoms with E-state index in [4.69, 9.17) is 11.6 Å². The first-order valence-corrected chi connectivity index (χ1v) is 11.0. The van der Waals surface area contributed by atoms with Gasteiger partial charge in [-0.1, -0.05) is 17.7 Å². The van der Waals surface area contributed by atoms with Gasteiger partial charge in [0.2, 0.25) is 0 Å². The number of likely N-dealkylation sites (N-methyl/N-ethyl adjacent to an activating group) is 1. The van der Waals surface area contributed by atoms with Gasteiger partial charge in [-0.25, -0.2) is 9.37 Å². The number of amides is 1. The second-order valence-corrected chi connectivity index (χ2v) is 8.86. The normalized spacial score (nSPS) is 18.7. The standard InChI is InChI=1S/C24H22ClFN6O/c1-13-7-14(5-6-27-13)22-18-8-15(10-28-23(18)31-30-22)24(33)29-21-12-32(2)11-19(21)17-4-3-16(26)9-20(17)25/h3-10,19,21H,11-12H2,1-2H3,(H,29,33)(H,28,30,31)/t19-,21+/m0/s1. The van der Waals surface area contributed by atoms with Crippen LogP contribution in [0.4, 0.5) is 4.39 Å². The van der Waals surface area contributed by atoms with Gasteiger partial charge in [-0.2, -0.15) is 5.10 Å². The highest BCUT2D eigenvalue weighted by Crippen LogP contribution is 2.33. The average molecular weight is 465 g/mol. The van der Waals surface area contributed by atoms with E-state index < -0.39 is 0 Å². The Hall–Kier alpha value is -3.36. The quantitative estimate of drug-likeness (QED) is 0.477. The van der Waals surface area contributed by atoms with Gasteiger partial charge in [0.25, 0.3) is 5.91 Å². The number of carbonyl (C=O) groups is 1. The fraction of sp³-hybridized carbons (Fsp3) is 0.250. The minimum atomic E-state index is -0.379. The predicted molar refractivity (Wildman–Crippen MR) is 125 cm³/mol. The van der Waals surface area contributed by atoms with Gasteiger partial charge in [0.15, 0.2) is 5.65 Å². The van der Waals surface area contributed by atoms with Gasteiger partial charge in [-0.3, -0.25) is 14.9 Å². The van der Waals surface area contributed by atoms with E-state index in [9.17, 15) is 9.18 Å². The van der Waals surface area contributed by atoms with Crippen molar-refractivity contribution in [2.24, 2.45) is 0 Å². The molecule has 0 aliphatic carbocycles. The van der Waals surface area contributed by atoms with Gasteiger partial charge in [-0.15, -0.1) is 0 Å². The van der Waals surface area contributed by atoms with Crippen molar-refractivity contribution in [1.29, 1.82) is 0 Å². The third-order valence-corrected chi connectivity index (χ3v) is 6.36. The zero-order valence-electron chi connectivity index (χ0n) is 18.1. The van der Waals surface area contributed by atoms with Crippen LogP contribution in [0.5, 0.6) is 0 Å². The molecule has 3 aromatic heterocycles. The van der Waals surface area contributed by atoms with Crippen LogP contribution in [0, 0.1) is 12.7 Å². The first-order valence-electron chi connectivity index (χ1n) is 10.6. The van der Waals surface area contributed by atoms with Gasteiger partial charge in [0, 0.05) is 59.1 Å². The molecule has 0 saturated carbocycles. The fourth-order valence-corrected chi connectivity index (χ4v) is 4.76. The number of carbonyl (C=O) groups excluding carboxylic acids is 1. The largest absolute Gasteiger partial charge is 0.347 e. The predicted octanol–water partition coefficient (Wildman–Crippen LogP) is 3.95. The Morgan fingerprint density at radius 1 is 1.21 bits per heavy atom. The molecule has 168 valence electrons. The topological polar surface area (TPSA) is 86.8 Å². The second kappa shape index (κ2) is 8.53. The molecule has 9 heteroatoms. The summed E-state index contributed by atoms with van der Waals surface area (Å²) in [5, 5.41) is 11.6. The Morgan fingerprint density at radius 2 is 2.06 bits per heavy atom. The molecule has 1 fully saturated rings. The van der Waals surface area contributed by atoms with Crippen molar-refractivity contribution in [3.05, 3.63) is 76.5 Å². The third kappa shape index (κ3) is 4.19. The molecule has 0 unspecified atom stereocenters. The van der Waals surface area contributed by atoms with Crippen molar-refractivity contribution in [2.45, 2.75) is 18.9 Å². The van der Waals surface area contributed by atoms with E-state index in [1.165, 1.54) is 18.3 Å². The number of nitrogens with one attached hydrogen (secondary N) is 2. The van der Waals surface area contributed by atoms with Gasteiger partial charge in [-0.05, 0) is 49.9 Å². The zero-order valence-corrected chi connectivity index (χ0v) is 18.9. The molecule has 1 saturated heterocycles. The first kappa shape index (κ1) is 21.5. The molecule has 0 spiro atoms. The number of pyridine rings is 2. The summed E-state index contributed by atoms with van der Waals surface area (Å²) in [6.45, 7) is 3.28. The van der Waals surface area contributed by atoms with Crippen LogP contribution < -0.4 is 5.32 Å². The number of aromatic amines is 1. The summed E-state index contributed by atoms with van der Waals surface area (Å²) < 4.78 is 13.5. The summed E-state index contributed by atoms with van der Waals surface area (Å²) in [5.41, 5.74) is 4.36. The highest BCUT2D eigenvalue weighted by Gasteiger charge is 2.34.